The topological polar surface area (TPSA) is 96.7 Å². The van der Waals surface area contributed by atoms with Gasteiger partial charge in [-0.15, -0.1) is 0 Å². The third-order valence-electron chi connectivity index (χ3n) is 2.77. The molecule has 1 aromatic heterocycles. The van der Waals surface area contributed by atoms with E-state index in [1.807, 2.05) is 0 Å². The molecule has 0 fully saturated rings. The second-order valence-corrected chi connectivity index (χ2v) is 5.32. The van der Waals surface area contributed by atoms with Crippen molar-refractivity contribution >= 4 is 23.3 Å². The Morgan fingerprint density at radius 3 is 2.75 bits per heavy atom. The van der Waals surface area contributed by atoms with E-state index >= 15 is 0 Å². The molecule has 5 nitrogen and oxygen atoms in total. The molecule has 0 spiro atoms. The van der Waals surface area contributed by atoms with Gasteiger partial charge in [0.15, 0.2) is 5.69 Å². The van der Waals surface area contributed by atoms with Crippen LogP contribution in [0.5, 0.6) is 0 Å². The molecule has 20 heavy (non-hydrogen) atoms. The van der Waals surface area contributed by atoms with Gasteiger partial charge in [0.05, 0.1) is 17.3 Å². The Morgan fingerprint density at radius 1 is 1.40 bits per heavy atom. The highest BCUT2D eigenvalue weighted by molar-refractivity contribution is 6.35. The van der Waals surface area contributed by atoms with E-state index in [0.717, 1.165) is 25.2 Å². The van der Waals surface area contributed by atoms with Crippen molar-refractivity contribution in [3.8, 4) is 0 Å². The molecule has 0 amide bonds. The van der Waals surface area contributed by atoms with E-state index < -0.39 is 5.97 Å². The first-order valence-corrected chi connectivity index (χ1v) is 6.97. The van der Waals surface area contributed by atoms with Crippen LogP contribution in [0.1, 0.15) is 50.0 Å². The summed E-state index contributed by atoms with van der Waals surface area (Å²) in [6, 6.07) is 1.55. The van der Waals surface area contributed by atoms with Crippen LogP contribution in [-0.2, 0) is 4.74 Å². The van der Waals surface area contributed by atoms with Crippen LogP contribution < -0.4 is 5.73 Å². The summed E-state index contributed by atoms with van der Waals surface area (Å²) >= 11 is 5.90. The molecule has 1 rings (SSSR count). The van der Waals surface area contributed by atoms with E-state index in [9.17, 15) is 4.79 Å². The molecule has 1 aromatic rings. The first kappa shape index (κ1) is 18.7. The summed E-state index contributed by atoms with van der Waals surface area (Å²) < 4.78 is 5.13. The second-order valence-electron chi connectivity index (χ2n) is 4.94. The standard InChI is InChI=1S/C14H21ClN2O2.H2O/c1-10(2)6-4-3-5-9-19-14(18)13-12(15)11(16)7-8-17-13;/h7-8,10H,3-6,9H2,1-2H3,(H2,16,17);1H2. The Kier molecular flexibility index (Phi) is 8.92. The predicted molar refractivity (Wildman–Crippen MR) is 80.9 cm³/mol. The molecule has 0 unspecified atom stereocenters. The summed E-state index contributed by atoms with van der Waals surface area (Å²) in [5, 5.41) is 0.160. The molecule has 0 saturated carbocycles. The molecule has 6 heteroatoms. The summed E-state index contributed by atoms with van der Waals surface area (Å²) in [5.41, 5.74) is 6.02. The zero-order valence-corrected chi connectivity index (χ0v) is 12.7. The zero-order valence-electron chi connectivity index (χ0n) is 12.0. The molecule has 4 N–H and O–H groups in total. The van der Waals surface area contributed by atoms with Crippen molar-refractivity contribution in [2.45, 2.75) is 39.5 Å². The van der Waals surface area contributed by atoms with E-state index in [2.05, 4.69) is 18.8 Å². The van der Waals surface area contributed by atoms with Gasteiger partial charge in [-0.1, -0.05) is 44.7 Å². The molecule has 1 heterocycles. The molecule has 0 bridgehead atoms. The Balaban J connectivity index is 0.00000361. The second kappa shape index (κ2) is 9.55. The fraction of sp³-hybridized carbons (Fsp3) is 0.571. The fourth-order valence-corrected chi connectivity index (χ4v) is 1.85. The fourth-order valence-electron chi connectivity index (χ4n) is 1.67. The van der Waals surface area contributed by atoms with Crippen LogP contribution >= 0.6 is 11.6 Å². The summed E-state index contributed by atoms with van der Waals surface area (Å²) in [4.78, 5) is 15.6. The average molecular weight is 303 g/mol. The molecular weight excluding hydrogens is 280 g/mol. The number of hydrogen-bond acceptors (Lipinski definition) is 4. The lowest BCUT2D eigenvalue weighted by molar-refractivity contribution is 0.0491. The van der Waals surface area contributed by atoms with Crippen molar-refractivity contribution in [1.29, 1.82) is 0 Å². The highest BCUT2D eigenvalue weighted by Gasteiger charge is 2.15. The normalized spacial score (nSPS) is 10.2. The van der Waals surface area contributed by atoms with E-state index in [4.69, 9.17) is 22.1 Å². The lowest BCUT2D eigenvalue weighted by atomic mass is 10.1. The summed E-state index contributed by atoms with van der Waals surface area (Å²) in [6.45, 7) is 4.80. The van der Waals surface area contributed by atoms with Gasteiger partial charge >= 0.3 is 5.97 Å². The number of ether oxygens (including phenoxy) is 1. The maximum Gasteiger partial charge on any atom is 0.358 e. The highest BCUT2D eigenvalue weighted by atomic mass is 35.5. The van der Waals surface area contributed by atoms with E-state index in [1.54, 1.807) is 6.07 Å². The van der Waals surface area contributed by atoms with Crippen LogP contribution in [0.2, 0.25) is 5.02 Å². The molecule has 0 aliphatic rings. The number of anilines is 1. The number of carbonyl (C=O) groups excluding carboxylic acids is 1. The Bertz CT molecular complexity index is 425. The minimum absolute atomic E-state index is 0. The third kappa shape index (κ3) is 6.21. The lowest BCUT2D eigenvalue weighted by Gasteiger charge is -2.07. The number of aromatic nitrogens is 1. The van der Waals surface area contributed by atoms with Crippen molar-refractivity contribution in [3.63, 3.8) is 0 Å². The number of hydrogen-bond donors (Lipinski definition) is 1. The first-order chi connectivity index (χ1) is 9.02. The molecule has 0 atom stereocenters. The van der Waals surface area contributed by atoms with Gasteiger partial charge < -0.3 is 15.9 Å². The van der Waals surface area contributed by atoms with Crippen LogP contribution in [0.4, 0.5) is 5.69 Å². The number of carbonyl (C=O) groups is 1. The minimum Gasteiger partial charge on any atom is -0.461 e. The van der Waals surface area contributed by atoms with Gasteiger partial charge in [-0.25, -0.2) is 9.78 Å². The van der Waals surface area contributed by atoms with Crippen LogP contribution in [-0.4, -0.2) is 23.0 Å². The number of esters is 1. The quantitative estimate of drug-likeness (QED) is 0.618. The van der Waals surface area contributed by atoms with Crippen molar-refractivity contribution < 1.29 is 15.0 Å². The van der Waals surface area contributed by atoms with E-state index in [0.29, 0.717) is 12.3 Å². The molecule has 0 saturated heterocycles. The van der Waals surface area contributed by atoms with Gasteiger partial charge in [0.25, 0.3) is 0 Å². The number of nitrogen functional groups attached to an aromatic ring is 1. The van der Waals surface area contributed by atoms with Gasteiger partial charge in [-0.2, -0.15) is 0 Å². The maximum absolute atomic E-state index is 11.7. The number of nitrogens with two attached hydrogens (primary N) is 1. The smallest absolute Gasteiger partial charge is 0.358 e. The highest BCUT2D eigenvalue weighted by Crippen LogP contribution is 2.21. The number of nitrogens with zero attached hydrogens (tertiary/aromatic N) is 1. The maximum atomic E-state index is 11.7. The number of rotatable bonds is 7. The number of unbranched alkanes of at least 4 members (excludes halogenated alkanes) is 2. The SMILES string of the molecule is CC(C)CCCCCOC(=O)c1nccc(N)c1Cl.O. The first-order valence-electron chi connectivity index (χ1n) is 6.59. The summed E-state index contributed by atoms with van der Waals surface area (Å²) in [6.07, 6.45) is 5.73. The molecule has 0 aromatic carbocycles. The largest absolute Gasteiger partial charge is 0.461 e. The van der Waals surface area contributed by atoms with Crippen molar-refractivity contribution in [3.05, 3.63) is 23.0 Å². The van der Waals surface area contributed by atoms with Crippen molar-refractivity contribution in [1.82, 2.24) is 4.98 Å². The van der Waals surface area contributed by atoms with Crippen LogP contribution in [0.3, 0.4) is 0 Å². The van der Waals surface area contributed by atoms with Crippen LogP contribution in [0.15, 0.2) is 12.3 Å². The molecular formula is C14H23ClN2O3. The molecule has 0 aliphatic carbocycles. The van der Waals surface area contributed by atoms with Gasteiger partial charge in [-0.3, -0.25) is 0 Å². The summed E-state index contributed by atoms with van der Waals surface area (Å²) in [5.74, 6) is 0.207. The van der Waals surface area contributed by atoms with Gasteiger partial charge in [0.1, 0.15) is 0 Å². The van der Waals surface area contributed by atoms with E-state index in [1.165, 1.54) is 12.6 Å². The van der Waals surface area contributed by atoms with Crippen molar-refractivity contribution in [2.24, 2.45) is 5.92 Å². The molecule has 0 aliphatic heterocycles. The van der Waals surface area contributed by atoms with Gasteiger partial charge in [-0.05, 0) is 18.4 Å². The Hall–Kier alpha value is -1.33. The average Bonchev–Trinajstić information content (AvgIpc) is 2.36. The van der Waals surface area contributed by atoms with Crippen LogP contribution in [0.25, 0.3) is 0 Å². The molecule has 0 radical (unpaired) electrons. The van der Waals surface area contributed by atoms with Crippen LogP contribution in [0, 0.1) is 5.92 Å². The van der Waals surface area contributed by atoms with Gasteiger partial charge in [0, 0.05) is 6.20 Å². The predicted octanol–water partition coefficient (Wildman–Crippen LogP) is 2.87. The van der Waals surface area contributed by atoms with E-state index in [-0.39, 0.29) is 16.2 Å². The third-order valence-corrected chi connectivity index (χ3v) is 3.17. The lowest BCUT2D eigenvalue weighted by Crippen LogP contribution is -2.10. The van der Waals surface area contributed by atoms with Crippen molar-refractivity contribution in [2.75, 3.05) is 12.3 Å². The molecule has 114 valence electrons. The number of halogens is 1. The van der Waals surface area contributed by atoms with Gasteiger partial charge in [0.2, 0.25) is 0 Å². The zero-order chi connectivity index (χ0) is 14.3. The number of pyridine rings is 1. The Morgan fingerprint density at radius 2 is 2.10 bits per heavy atom. The Labute approximate surface area is 124 Å². The summed E-state index contributed by atoms with van der Waals surface area (Å²) in [7, 11) is 0. The minimum atomic E-state index is -0.513. The monoisotopic (exact) mass is 302 g/mol.